The number of aryl methyl sites for hydroxylation is 2. The van der Waals surface area contributed by atoms with Crippen LogP contribution in [-0.2, 0) is 45.1 Å². The predicted octanol–water partition coefficient (Wildman–Crippen LogP) is 7.18. The third-order valence-corrected chi connectivity index (χ3v) is 8.46. The average Bonchev–Trinajstić information content (AvgIpc) is 3.07. The van der Waals surface area contributed by atoms with Crippen molar-refractivity contribution in [1.82, 2.24) is 19.1 Å². The second-order valence-corrected chi connectivity index (χ2v) is 13.6. The molecule has 0 atom stereocenters. The number of benzene rings is 2. The topological polar surface area (TPSA) is 182 Å². The Morgan fingerprint density at radius 2 is 1.06 bits per heavy atom. The molecule has 0 bridgehead atoms. The van der Waals surface area contributed by atoms with Crippen molar-refractivity contribution in [3.63, 3.8) is 0 Å². The normalized spacial score (nSPS) is 10.6. The predicted molar refractivity (Wildman–Crippen MR) is 211 cm³/mol. The number of rotatable bonds is 16. The number of carboxylic acids is 1. The van der Waals surface area contributed by atoms with Crippen LogP contribution in [0.15, 0.2) is 58.1 Å². The highest BCUT2D eigenvalue weighted by Gasteiger charge is 2.17. The molecule has 0 radical (unpaired) electrons. The molecule has 2 aromatic carbocycles. The van der Waals surface area contributed by atoms with Crippen LogP contribution in [0.1, 0.15) is 84.8 Å². The number of halogens is 2. The fourth-order valence-corrected chi connectivity index (χ4v) is 5.94. The van der Waals surface area contributed by atoms with Crippen LogP contribution in [-0.4, -0.2) is 47.8 Å². The summed E-state index contributed by atoms with van der Waals surface area (Å²) >= 11 is 12.1. The number of nitrogens with zero attached hydrogens (tertiary/aromatic N) is 4. The van der Waals surface area contributed by atoms with Crippen LogP contribution in [0.3, 0.4) is 0 Å². The molecule has 288 valence electrons. The molecule has 2 heterocycles. The van der Waals surface area contributed by atoms with Crippen LogP contribution in [0, 0.1) is 0 Å². The zero-order valence-electron chi connectivity index (χ0n) is 31.1. The molecule has 0 unspecified atom stereocenters. The van der Waals surface area contributed by atoms with Crippen molar-refractivity contribution in [2.75, 3.05) is 10.6 Å². The Morgan fingerprint density at radius 3 is 1.41 bits per heavy atom. The van der Waals surface area contributed by atoms with E-state index in [0.717, 1.165) is 38.5 Å². The zero-order valence-corrected chi connectivity index (χ0v) is 32.6. The molecular formula is C39H46Cl2N6O7. The summed E-state index contributed by atoms with van der Waals surface area (Å²) < 4.78 is 2.60. The van der Waals surface area contributed by atoms with Crippen molar-refractivity contribution in [2.45, 2.75) is 99.1 Å². The first kappa shape index (κ1) is 43.3. The minimum absolute atomic E-state index is 0.00669. The number of aliphatic carboxylic acids is 1. The van der Waals surface area contributed by atoms with Gasteiger partial charge in [0.05, 0.1) is 29.3 Å². The van der Waals surface area contributed by atoms with Crippen LogP contribution in [0.5, 0.6) is 0 Å². The van der Waals surface area contributed by atoms with Gasteiger partial charge < -0.3 is 15.7 Å². The summed E-state index contributed by atoms with van der Waals surface area (Å²) in [5.41, 5.74) is 2.18. The summed E-state index contributed by atoms with van der Waals surface area (Å²) in [4.78, 5) is 80.1. The van der Waals surface area contributed by atoms with Gasteiger partial charge in [-0.2, -0.15) is 0 Å². The lowest BCUT2D eigenvalue weighted by Gasteiger charge is -2.15. The van der Waals surface area contributed by atoms with Gasteiger partial charge in [0.25, 0.3) is 11.1 Å². The molecule has 0 aliphatic heterocycles. The molecule has 54 heavy (non-hydrogen) atoms. The largest absolute Gasteiger partial charge is 0.480 e. The van der Waals surface area contributed by atoms with Crippen LogP contribution in [0.25, 0.3) is 22.5 Å². The Bertz CT molecular complexity index is 1960. The number of carboxylic acid groups (broad SMARTS) is 1. The Morgan fingerprint density at radius 1 is 0.648 bits per heavy atom. The highest BCUT2D eigenvalue weighted by molar-refractivity contribution is 6.31. The van der Waals surface area contributed by atoms with Gasteiger partial charge in [-0.15, -0.1) is 0 Å². The van der Waals surface area contributed by atoms with Crippen molar-refractivity contribution in [1.29, 1.82) is 0 Å². The molecule has 3 N–H and O–H groups in total. The first-order valence-electron chi connectivity index (χ1n) is 17.7. The van der Waals surface area contributed by atoms with Gasteiger partial charge in [-0.1, -0.05) is 62.7 Å². The SMILES string of the molecule is CCCCCc1nc(-c2ccc(Cl)cc2NC(C)=O)cc(=O)n1CC(=O)O.CCCCCc1nc(-c2ccc(Cl)cc2NC(C)=O)cc(=O)n1CC(C)=O. The van der Waals surface area contributed by atoms with E-state index < -0.39 is 18.1 Å². The lowest BCUT2D eigenvalue weighted by molar-refractivity contribution is -0.137. The Hall–Kier alpha value is -5.14. The minimum atomic E-state index is -1.10. The standard InChI is InChI=1S/C20H24ClN3O3.C19H22ClN3O4/c1-4-5-6-7-19-23-18(11-20(27)24(19)12-13(2)25)16-9-8-15(21)10-17(16)22-14(3)26;1-3-4-5-6-17-22-16(10-18(25)23(17)11-19(26)27)14-8-7-13(20)9-15(14)21-12(2)24/h8-11H,4-7,12H2,1-3H3,(H,22,26);7-10H,3-6,11H2,1-2H3,(H,21,24)(H,26,27). The third kappa shape index (κ3) is 13.1. The van der Waals surface area contributed by atoms with Gasteiger partial charge in [0.2, 0.25) is 11.8 Å². The molecule has 0 aliphatic carbocycles. The average molecular weight is 782 g/mol. The zero-order chi connectivity index (χ0) is 39.9. The van der Waals surface area contributed by atoms with Gasteiger partial charge in [0.15, 0.2) is 0 Å². The van der Waals surface area contributed by atoms with Gasteiger partial charge in [-0.25, -0.2) is 9.97 Å². The maximum absolute atomic E-state index is 12.7. The summed E-state index contributed by atoms with van der Waals surface area (Å²) in [5.74, 6) is -0.739. The summed E-state index contributed by atoms with van der Waals surface area (Å²) in [7, 11) is 0. The smallest absolute Gasteiger partial charge is 0.323 e. The number of anilines is 2. The minimum Gasteiger partial charge on any atom is -0.480 e. The molecule has 4 rings (SSSR count). The number of Topliss-reactive ketones (excluding diaryl/α,β-unsaturated/α-hetero) is 1. The number of ketones is 1. The number of amides is 2. The van der Waals surface area contributed by atoms with Crippen LogP contribution in [0.4, 0.5) is 11.4 Å². The number of nitrogens with one attached hydrogen (secondary N) is 2. The monoisotopic (exact) mass is 780 g/mol. The maximum Gasteiger partial charge on any atom is 0.323 e. The summed E-state index contributed by atoms with van der Waals surface area (Å²) in [6.45, 7) is 7.95. The van der Waals surface area contributed by atoms with E-state index >= 15 is 0 Å². The Balaban J connectivity index is 0.000000290. The first-order chi connectivity index (χ1) is 25.6. The van der Waals surface area contributed by atoms with E-state index in [4.69, 9.17) is 28.3 Å². The molecule has 0 saturated heterocycles. The third-order valence-electron chi connectivity index (χ3n) is 7.99. The van der Waals surface area contributed by atoms with Gasteiger partial charge in [0, 0.05) is 60.0 Å². The van der Waals surface area contributed by atoms with Gasteiger partial charge in [0.1, 0.15) is 24.0 Å². The summed E-state index contributed by atoms with van der Waals surface area (Å²) in [5, 5.41) is 15.4. The van der Waals surface area contributed by atoms with E-state index in [0.29, 0.717) is 68.4 Å². The van der Waals surface area contributed by atoms with Crippen LogP contribution in [0.2, 0.25) is 10.0 Å². The quantitative estimate of drug-likeness (QED) is 0.0992. The lowest BCUT2D eigenvalue weighted by atomic mass is 10.1. The van der Waals surface area contributed by atoms with E-state index in [1.807, 2.05) is 0 Å². The van der Waals surface area contributed by atoms with Crippen molar-refractivity contribution in [2.24, 2.45) is 0 Å². The fourth-order valence-electron chi connectivity index (χ4n) is 5.59. The number of unbranched alkanes of at least 4 members (excludes halogenated alkanes) is 4. The molecule has 2 amide bonds. The van der Waals surface area contributed by atoms with Crippen molar-refractivity contribution < 1.29 is 24.3 Å². The molecule has 0 saturated carbocycles. The van der Waals surface area contributed by atoms with Gasteiger partial charge in [-0.3, -0.25) is 37.9 Å². The first-order valence-corrected chi connectivity index (χ1v) is 18.5. The van der Waals surface area contributed by atoms with E-state index in [-0.39, 0.29) is 29.7 Å². The molecule has 0 fully saturated rings. The highest BCUT2D eigenvalue weighted by Crippen LogP contribution is 2.30. The summed E-state index contributed by atoms with van der Waals surface area (Å²) in [6, 6.07) is 12.6. The van der Waals surface area contributed by atoms with Crippen LogP contribution >= 0.6 is 23.2 Å². The summed E-state index contributed by atoms with van der Waals surface area (Å²) in [6.07, 6.45) is 6.77. The van der Waals surface area contributed by atoms with E-state index in [9.17, 15) is 28.8 Å². The van der Waals surface area contributed by atoms with Crippen molar-refractivity contribution in [3.05, 3.63) is 90.9 Å². The molecular weight excluding hydrogens is 735 g/mol. The highest BCUT2D eigenvalue weighted by atomic mass is 35.5. The van der Waals surface area contributed by atoms with Gasteiger partial charge in [-0.05, 0) is 56.2 Å². The number of aromatic nitrogens is 4. The molecule has 4 aromatic rings. The maximum atomic E-state index is 12.7. The van der Waals surface area contributed by atoms with Crippen molar-refractivity contribution >= 4 is 58.1 Å². The number of hydrogen-bond donors (Lipinski definition) is 3. The van der Waals surface area contributed by atoms with Crippen molar-refractivity contribution in [3.8, 4) is 22.5 Å². The van der Waals surface area contributed by atoms with Gasteiger partial charge >= 0.3 is 5.97 Å². The molecule has 0 spiro atoms. The molecule has 2 aromatic heterocycles. The molecule has 15 heteroatoms. The fraction of sp³-hybridized carbons (Fsp3) is 0.385. The second kappa shape index (κ2) is 20.9. The Labute approximate surface area is 323 Å². The lowest BCUT2D eigenvalue weighted by Crippen LogP contribution is -2.28. The number of carbonyl (C=O) groups excluding carboxylic acids is 3. The van der Waals surface area contributed by atoms with E-state index in [1.165, 1.54) is 42.0 Å². The molecule has 13 nitrogen and oxygen atoms in total. The van der Waals surface area contributed by atoms with E-state index in [1.54, 1.807) is 36.4 Å². The number of carbonyl (C=O) groups is 4. The van der Waals surface area contributed by atoms with Crippen LogP contribution < -0.4 is 21.8 Å². The number of hydrogen-bond acceptors (Lipinski definition) is 8. The second-order valence-electron chi connectivity index (χ2n) is 12.7. The van der Waals surface area contributed by atoms with E-state index in [2.05, 4.69) is 34.4 Å². The molecule has 0 aliphatic rings. The Kier molecular flexibility index (Phi) is 16.8.